The normalized spacial score (nSPS) is 31.5. The van der Waals surface area contributed by atoms with E-state index < -0.39 is 74.0 Å². The second kappa shape index (κ2) is 15.9. The van der Waals surface area contributed by atoms with Crippen molar-refractivity contribution in [1.29, 1.82) is 0 Å². The van der Waals surface area contributed by atoms with Gasteiger partial charge in [-0.05, 0) is 54.8 Å². The molecule has 0 radical (unpaired) electrons. The highest BCUT2D eigenvalue weighted by Gasteiger charge is 2.52. The van der Waals surface area contributed by atoms with Crippen LogP contribution in [0.4, 0.5) is 0 Å². The minimum absolute atomic E-state index is 0.00703. The van der Waals surface area contributed by atoms with E-state index in [9.17, 15) is 40.5 Å². The molecular formula is C31H40O15. The Kier molecular flexibility index (Phi) is 12.2. The molecule has 2 saturated heterocycles. The van der Waals surface area contributed by atoms with Crippen LogP contribution in [-0.4, -0.2) is 131 Å². The molecule has 4 rings (SSSR count). The molecule has 15 nitrogen and oxygen atoms in total. The Hall–Kier alpha value is -3.51. The number of ether oxygens (including phenoxy) is 7. The maximum atomic E-state index is 12.9. The van der Waals surface area contributed by atoms with Gasteiger partial charge in [-0.2, -0.15) is 0 Å². The number of phenolic OH excluding ortho intramolecular Hbond substituents is 2. The van der Waals surface area contributed by atoms with Crippen molar-refractivity contribution < 1.29 is 73.7 Å². The second-order valence-corrected chi connectivity index (χ2v) is 10.8. The molecule has 254 valence electrons. The molecule has 0 aromatic heterocycles. The highest BCUT2D eigenvalue weighted by molar-refractivity contribution is 5.87. The van der Waals surface area contributed by atoms with E-state index in [2.05, 4.69) is 0 Å². The maximum Gasteiger partial charge on any atom is 0.331 e. The number of phenols is 2. The Bertz CT molecular complexity index is 1340. The summed E-state index contributed by atoms with van der Waals surface area (Å²) in [6.45, 7) is 0.727. The predicted octanol–water partition coefficient (Wildman–Crippen LogP) is -0.410. The summed E-state index contributed by atoms with van der Waals surface area (Å²) >= 11 is 0. The van der Waals surface area contributed by atoms with Crippen LogP contribution in [0.15, 0.2) is 42.5 Å². The Balaban J connectivity index is 1.52. The van der Waals surface area contributed by atoms with Crippen LogP contribution < -0.4 is 9.47 Å². The van der Waals surface area contributed by atoms with Crippen LogP contribution in [0.5, 0.6) is 23.0 Å². The molecule has 46 heavy (non-hydrogen) atoms. The first kappa shape index (κ1) is 35.3. The molecule has 10 atom stereocenters. The van der Waals surface area contributed by atoms with Crippen LogP contribution in [-0.2, 0) is 34.9 Å². The third-order valence-electron chi connectivity index (χ3n) is 7.68. The molecule has 10 unspecified atom stereocenters. The second-order valence-electron chi connectivity index (χ2n) is 10.8. The average molecular weight is 653 g/mol. The number of benzene rings is 2. The summed E-state index contributed by atoms with van der Waals surface area (Å²) in [5.74, 6) is -0.634. The first-order chi connectivity index (χ1) is 22.0. The fraction of sp³-hybridized carbons (Fsp3) is 0.516. The van der Waals surface area contributed by atoms with Crippen molar-refractivity contribution in [3.8, 4) is 23.0 Å². The fourth-order valence-electron chi connectivity index (χ4n) is 5.08. The van der Waals surface area contributed by atoms with E-state index >= 15 is 0 Å². The van der Waals surface area contributed by atoms with Gasteiger partial charge in [0.25, 0.3) is 0 Å². The van der Waals surface area contributed by atoms with Crippen LogP contribution in [0.1, 0.15) is 18.1 Å². The van der Waals surface area contributed by atoms with Crippen LogP contribution in [0, 0.1) is 0 Å². The fourth-order valence-corrected chi connectivity index (χ4v) is 5.08. The molecule has 0 saturated carbocycles. The van der Waals surface area contributed by atoms with Crippen molar-refractivity contribution in [2.45, 2.75) is 74.8 Å². The van der Waals surface area contributed by atoms with E-state index in [0.29, 0.717) is 12.0 Å². The van der Waals surface area contributed by atoms with E-state index in [4.69, 9.17) is 33.2 Å². The summed E-state index contributed by atoms with van der Waals surface area (Å²) in [5.41, 5.74) is 1.16. The molecule has 2 fully saturated rings. The zero-order valence-electron chi connectivity index (χ0n) is 25.4. The lowest BCUT2D eigenvalue weighted by molar-refractivity contribution is -0.357. The van der Waals surface area contributed by atoms with E-state index in [1.54, 1.807) is 18.2 Å². The maximum absolute atomic E-state index is 12.9. The zero-order chi connectivity index (χ0) is 33.5. The minimum atomic E-state index is -1.75. The van der Waals surface area contributed by atoms with Gasteiger partial charge in [-0.3, -0.25) is 0 Å². The van der Waals surface area contributed by atoms with Gasteiger partial charge in [-0.1, -0.05) is 12.1 Å². The van der Waals surface area contributed by atoms with Crippen molar-refractivity contribution in [3.63, 3.8) is 0 Å². The van der Waals surface area contributed by atoms with Gasteiger partial charge in [-0.25, -0.2) is 4.79 Å². The van der Waals surface area contributed by atoms with Crippen LogP contribution in [0.3, 0.4) is 0 Å². The van der Waals surface area contributed by atoms with Gasteiger partial charge in [0.2, 0.25) is 0 Å². The van der Waals surface area contributed by atoms with Crippen molar-refractivity contribution in [2.75, 3.05) is 27.4 Å². The highest BCUT2D eigenvalue weighted by Crippen LogP contribution is 2.32. The first-order valence-electron chi connectivity index (χ1n) is 14.5. The monoisotopic (exact) mass is 652 g/mol. The lowest BCUT2D eigenvalue weighted by Crippen LogP contribution is -2.65. The number of aliphatic hydroxyl groups excluding tert-OH is 5. The molecule has 2 aromatic rings. The van der Waals surface area contributed by atoms with Gasteiger partial charge in [-0.15, -0.1) is 0 Å². The molecule has 15 heteroatoms. The van der Waals surface area contributed by atoms with Gasteiger partial charge < -0.3 is 68.9 Å². The van der Waals surface area contributed by atoms with E-state index in [1.165, 1.54) is 45.4 Å². The summed E-state index contributed by atoms with van der Waals surface area (Å²) in [6.07, 6.45) is -12.1. The topological polar surface area (TPSA) is 223 Å². The van der Waals surface area contributed by atoms with Gasteiger partial charge >= 0.3 is 5.97 Å². The van der Waals surface area contributed by atoms with Gasteiger partial charge in [0.15, 0.2) is 41.7 Å². The lowest BCUT2D eigenvalue weighted by atomic mass is 9.97. The van der Waals surface area contributed by atoms with Crippen LogP contribution in [0.25, 0.3) is 6.08 Å². The number of hydrogen-bond donors (Lipinski definition) is 7. The van der Waals surface area contributed by atoms with Crippen molar-refractivity contribution in [3.05, 3.63) is 53.6 Å². The minimum Gasteiger partial charge on any atom is -0.504 e. The number of carbonyl (C=O) groups is 1. The molecule has 2 aliphatic heterocycles. The summed E-state index contributed by atoms with van der Waals surface area (Å²) in [6, 6.07) is 9.16. The number of hydrogen-bond acceptors (Lipinski definition) is 15. The largest absolute Gasteiger partial charge is 0.504 e. The standard InChI is InChI=1S/C31H40O15/c1-15-24(36)25(37)26(38)31(43-15)46-29-27(39)30(42-11-10-17-4-7-18(33)21(13-17)41-3)44-22(14-32)28(29)45-23(35)9-6-16-5-8-20(40-2)19(34)12-16/h4-9,12-13,15,22,24-34,36-39H,10-11,14H2,1-3H3. The third-order valence-corrected chi connectivity index (χ3v) is 7.68. The van der Waals surface area contributed by atoms with E-state index in [1.807, 2.05) is 0 Å². The molecule has 0 bridgehead atoms. The summed E-state index contributed by atoms with van der Waals surface area (Å²) in [7, 11) is 2.80. The first-order valence-corrected chi connectivity index (χ1v) is 14.5. The third kappa shape index (κ3) is 8.25. The highest BCUT2D eigenvalue weighted by atomic mass is 16.7. The number of esters is 1. The Morgan fingerprint density at radius 1 is 0.848 bits per heavy atom. The smallest absolute Gasteiger partial charge is 0.331 e. The molecule has 2 heterocycles. The van der Waals surface area contributed by atoms with Crippen molar-refractivity contribution in [2.24, 2.45) is 0 Å². The Labute approximate surface area is 264 Å². The molecule has 7 N–H and O–H groups in total. The summed E-state index contributed by atoms with van der Waals surface area (Å²) in [4.78, 5) is 12.9. The molecule has 0 amide bonds. The molecule has 2 aliphatic rings. The summed E-state index contributed by atoms with van der Waals surface area (Å²) < 4.78 is 38.6. The number of methoxy groups -OCH3 is 2. The van der Waals surface area contributed by atoms with E-state index in [0.717, 1.165) is 11.6 Å². The van der Waals surface area contributed by atoms with Crippen molar-refractivity contribution >= 4 is 12.0 Å². The number of rotatable bonds is 12. The van der Waals surface area contributed by atoms with Gasteiger partial charge in [0.1, 0.15) is 36.6 Å². The Morgan fingerprint density at radius 2 is 1.59 bits per heavy atom. The van der Waals surface area contributed by atoms with Crippen molar-refractivity contribution in [1.82, 2.24) is 0 Å². The number of carbonyl (C=O) groups excluding carboxylic acids is 1. The average Bonchev–Trinajstić information content (AvgIpc) is 3.04. The zero-order valence-corrected chi connectivity index (χ0v) is 25.4. The summed E-state index contributed by atoms with van der Waals surface area (Å²) in [5, 5.41) is 72.3. The number of aromatic hydroxyl groups is 2. The molecule has 0 aliphatic carbocycles. The molecular weight excluding hydrogens is 612 g/mol. The lowest BCUT2D eigenvalue weighted by Gasteiger charge is -2.46. The SMILES string of the molecule is COc1ccc(C=CC(=O)OC2C(CO)OC(OCCc3ccc(O)c(OC)c3)C(O)C2OC2OC(C)C(O)C(O)C2O)cc1O. The predicted molar refractivity (Wildman–Crippen MR) is 157 cm³/mol. The molecule has 0 spiro atoms. The molecule has 2 aromatic carbocycles. The van der Waals surface area contributed by atoms with E-state index in [-0.39, 0.29) is 29.6 Å². The van der Waals surface area contributed by atoms with Gasteiger partial charge in [0, 0.05) is 6.08 Å². The van der Waals surface area contributed by atoms with Crippen LogP contribution in [0.2, 0.25) is 0 Å². The van der Waals surface area contributed by atoms with Crippen LogP contribution >= 0.6 is 0 Å². The van der Waals surface area contributed by atoms with Gasteiger partial charge in [0.05, 0.1) is 33.5 Å². The Morgan fingerprint density at radius 3 is 2.26 bits per heavy atom. The quantitative estimate of drug-likeness (QED) is 0.114. The number of aliphatic hydroxyl groups is 5.